The molecule has 0 radical (unpaired) electrons. The molecule has 1 N–H and O–H groups in total. The van der Waals surface area contributed by atoms with E-state index in [9.17, 15) is 0 Å². The zero-order valence-corrected chi connectivity index (χ0v) is 12.9. The topological polar surface area (TPSA) is 21.3 Å². The molecule has 4 heteroatoms. The zero-order chi connectivity index (χ0) is 13.8. The van der Waals surface area contributed by atoms with E-state index in [-0.39, 0.29) is 0 Å². The van der Waals surface area contributed by atoms with E-state index in [1.807, 2.05) is 6.07 Å². The summed E-state index contributed by atoms with van der Waals surface area (Å²) in [6.07, 6.45) is 3.17. The Bertz CT molecular complexity index is 582. The zero-order valence-electron chi connectivity index (χ0n) is 11.3. The Morgan fingerprint density at radius 3 is 2.90 bits per heavy atom. The Labute approximate surface area is 128 Å². The second-order valence-electron chi connectivity index (χ2n) is 5.00. The average molecular weight is 308 g/mol. The number of ether oxygens (including phenoxy) is 1. The number of hydrogen-bond acceptors (Lipinski definition) is 3. The summed E-state index contributed by atoms with van der Waals surface area (Å²) in [6.45, 7) is 2.85. The van der Waals surface area contributed by atoms with Crippen LogP contribution in [0.1, 0.15) is 16.0 Å². The number of fused-ring (bicyclic) bond motifs is 1. The predicted molar refractivity (Wildman–Crippen MR) is 85.2 cm³/mol. The van der Waals surface area contributed by atoms with Gasteiger partial charge in [0, 0.05) is 11.3 Å². The lowest BCUT2D eigenvalue weighted by atomic mass is 10.1. The summed E-state index contributed by atoms with van der Waals surface area (Å²) in [5, 5.41) is 3.49. The van der Waals surface area contributed by atoms with Crippen molar-refractivity contribution in [3.05, 3.63) is 50.7 Å². The van der Waals surface area contributed by atoms with Gasteiger partial charge < -0.3 is 10.1 Å². The van der Waals surface area contributed by atoms with Gasteiger partial charge in [-0.3, -0.25) is 0 Å². The smallest absolute Gasteiger partial charge is 0.122 e. The Kier molecular flexibility index (Phi) is 4.61. The van der Waals surface area contributed by atoms with Gasteiger partial charge in [0.25, 0.3) is 0 Å². The van der Waals surface area contributed by atoms with Crippen LogP contribution < -0.4 is 10.1 Å². The maximum Gasteiger partial charge on any atom is 0.122 e. The third kappa shape index (κ3) is 3.54. The van der Waals surface area contributed by atoms with Crippen LogP contribution in [0, 0.1) is 0 Å². The lowest BCUT2D eigenvalue weighted by molar-refractivity contribution is 0.357. The number of hydrogen-bond donors (Lipinski definition) is 1. The van der Waals surface area contributed by atoms with Gasteiger partial charge in [-0.05, 0) is 55.3 Å². The fourth-order valence-electron chi connectivity index (χ4n) is 2.45. The van der Waals surface area contributed by atoms with Crippen molar-refractivity contribution in [1.29, 1.82) is 0 Å². The van der Waals surface area contributed by atoms with Crippen molar-refractivity contribution in [3.8, 4) is 5.75 Å². The quantitative estimate of drug-likeness (QED) is 0.821. The summed E-state index contributed by atoms with van der Waals surface area (Å²) in [5.74, 6) is 1.07. The number of rotatable bonds is 6. The van der Waals surface area contributed by atoms with Crippen LogP contribution in [-0.4, -0.2) is 19.7 Å². The normalized spacial score (nSPS) is 13.2. The van der Waals surface area contributed by atoms with Crippen molar-refractivity contribution in [2.24, 2.45) is 0 Å². The molecule has 0 saturated carbocycles. The van der Waals surface area contributed by atoms with Crippen LogP contribution in [0.4, 0.5) is 0 Å². The molecule has 0 unspecified atom stereocenters. The van der Waals surface area contributed by atoms with Gasteiger partial charge in [-0.15, -0.1) is 11.3 Å². The van der Waals surface area contributed by atoms with Gasteiger partial charge in [0.2, 0.25) is 0 Å². The van der Waals surface area contributed by atoms with Crippen LogP contribution in [0.5, 0.6) is 5.75 Å². The van der Waals surface area contributed by atoms with Crippen LogP contribution in [0.15, 0.2) is 30.3 Å². The van der Waals surface area contributed by atoms with Gasteiger partial charge in [0.05, 0.1) is 10.9 Å². The molecule has 1 aromatic carbocycles. The lowest BCUT2D eigenvalue weighted by Crippen LogP contribution is -2.19. The highest BCUT2D eigenvalue weighted by Gasteiger charge is 2.11. The number of benzene rings is 1. The molecule has 1 aliphatic heterocycles. The third-order valence-electron chi connectivity index (χ3n) is 3.52. The molecule has 0 atom stereocenters. The highest BCUT2D eigenvalue weighted by atomic mass is 35.5. The minimum atomic E-state index is 0.834. The second kappa shape index (κ2) is 6.61. The summed E-state index contributed by atoms with van der Waals surface area (Å²) >= 11 is 7.58. The molecule has 0 aliphatic carbocycles. The monoisotopic (exact) mass is 307 g/mol. The first-order chi connectivity index (χ1) is 9.81. The molecule has 106 valence electrons. The summed E-state index contributed by atoms with van der Waals surface area (Å²) in [4.78, 5) is 1.34. The first kappa shape index (κ1) is 13.9. The van der Waals surface area contributed by atoms with Gasteiger partial charge in [-0.2, -0.15) is 0 Å². The van der Waals surface area contributed by atoms with Crippen molar-refractivity contribution in [1.82, 2.24) is 5.32 Å². The first-order valence-corrected chi connectivity index (χ1v) is 8.20. The summed E-state index contributed by atoms with van der Waals surface area (Å²) in [7, 11) is 0. The van der Waals surface area contributed by atoms with E-state index in [1.165, 1.54) is 16.0 Å². The number of halogens is 1. The summed E-state index contributed by atoms with van der Waals surface area (Å²) < 4.78 is 6.40. The molecule has 2 nitrogen and oxygen atoms in total. The van der Waals surface area contributed by atoms with E-state index in [0.29, 0.717) is 0 Å². The number of thiophene rings is 1. The SMILES string of the molecule is Clc1ccc(CCNCCc2ccc3c(c2)CCO3)s1. The Balaban J connectivity index is 1.39. The molecular formula is C16H18ClNOS. The molecule has 2 heterocycles. The fraction of sp³-hybridized carbons (Fsp3) is 0.375. The lowest BCUT2D eigenvalue weighted by Gasteiger charge is -2.06. The van der Waals surface area contributed by atoms with E-state index in [1.54, 1.807) is 11.3 Å². The molecule has 1 aromatic heterocycles. The highest BCUT2D eigenvalue weighted by Crippen LogP contribution is 2.26. The molecular weight excluding hydrogens is 290 g/mol. The van der Waals surface area contributed by atoms with E-state index in [0.717, 1.165) is 49.0 Å². The second-order valence-corrected chi connectivity index (χ2v) is 6.80. The van der Waals surface area contributed by atoms with Gasteiger partial charge >= 0.3 is 0 Å². The van der Waals surface area contributed by atoms with E-state index in [2.05, 4.69) is 29.6 Å². The van der Waals surface area contributed by atoms with Gasteiger partial charge in [0.1, 0.15) is 5.75 Å². The third-order valence-corrected chi connectivity index (χ3v) is 4.81. The largest absolute Gasteiger partial charge is 0.493 e. The van der Waals surface area contributed by atoms with Crippen LogP contribution >= 0.6 is 22.9 Å². The van der Waals surface area contributed by atoms with Crippen LogP contribution in [-0.2, 0) is 19.3 Å². The standard InChI is InChI=1S/C16H18ClNOS/c17-16-4-2-14(20-16)6-9-18-8-5-12-1-3-15-13(11-12)7-10-19-15/h1-4,11,18H,5-10H2. The Hall–Kier alpha value is -1.03. The molecule has 0 fully saturated rings. The van der Waals surface area contributed by atoms with E-state index >= 15 is 0 Å². The molecule has 0 spiro atoms. The summed E-state index contributed by atoms with van der Waals surface area (Å²) in [5.41, 5.74) is 2.75. The molecule has 0 bridgehead atoms. The molecule has 2 aromatic rings. The van der Waals surface area contributed by atoms with Gasteiger partial charge in [0.15, 0.2) is 0 Å². The summed E-state index contributed by atoms with van der Waals surface area (Å²) in [6, 6.07) is 10.6. The minimum Gasteiger partial charge on any atom is -0.493 e. The van der Waals surface area contributed by atoms with E-state index in [4.69, 9.17) is 16.3 Å². The maximum absolute atomic E-state index is 5.91. The number of nitrogens with one attached hydrogen (secondary N) is 1. The van der Waals surface area contributed by atoms with Crippen molar-refractivity contribution in [2.75, 3.05) is 19.7 Å². The van der Waals surface area contributed by atoms with Gasteiger partial charge in [-0.1, -0.05) is 23.7 Å². The molecule has 0 amide bonds. The molecule has 20 heavy (non-hydrogen) atoms. The van der Waals surface area contributed by atoms with Crippen LogP contribution in [0.2, 0.25) is 4.34 Å². The molecule has 1 aliphatic rings. The maximum atomic E-state index is 5.91. The highest BCUT2D eigenvalue weighted by molar-refractivity contribution is 7.16. The molecule has 3 rings (SSSR count). The average Bonchev–Trinajstić information content (AvgIpc) is 3.06. The van der Waals surface area contributed by atoms with Crippen molar-refractivity contribution < 1.29 is 4.74 Å². The van der Waals surface area contributed by atoms with Crippen molar-refractivity contribution in [2.45, 2.75) is 19.3 Å². The Morgan fingerprint density at radius 1 is 1.15 bits per heavy atom. The van der Waals surface area contributed by atoms with Crippen LogP contribution in [0.25, 0.3) is 0 Å². The van der Waals surface area contributed by atoms with Crippen LogP contribution in [0.3, 0.4) is 0 Å². The predicted octanol–water partition coefficient (Wildman–Crippen LogP) is 3.71. The first-order valence-electron chi connectivity index (χ1n) is 7.01. The van der Waals surface area contributed by atoms with Gasteiger partial charge in [-0.25, -0.2) is 0 Å². The molecule has 0 saturated heterocycles. The minimum absolute atomic E-state index is 0.834. The van der Waals surface area contributed by atoms with Crippen molar-refractivity contribution in [3.63, 3.8) is 0 Å². The van der Waals surface area contributed by atoms with E-state index < -0.39 is 0 Å². The van der Waals surface area contributed by atoms with Crippen molar-refractivity contribution >= 4 is 22.9 Å². The fourth-order valence-corrected chi connectivity index (χ4v) is 3.54. The Morgan fingerprint density at radius 2 is 2.05 bits per heavy atom.